The van der Waals surface area contributed by atoms with Crippen LogP contribution in [0, 0.1) is 27.7 Å². The highest BCUT2D eigenvalue weighted by Crippen LogP contribution is 2.41. The van der Waals surface area contributed by atoms with Crippen LogP contribution in [0.1, 0.15) is 270 Å². The summed E-state index contributed by atoms with van der Waals surface area (Å²) in [5.41, 5.74) is 21.1. The molecule has 6 aliphatic rings. The summed E-state index contributed by atoms with van der Waals surface area (Å²) in [6.45, 7) is 44.5. The first-order chi connectivity index (χ1) is 46.2. The molecule has 0 spiro atoms. The number of rotatable bonds is 7. The van der Waals surface area contributed by atoms with Gasteiger partial charge >= 0.3 is 0 Å². The Balaban J connectivity index is 0.000000145. The highest BCUT2D eigenvalue weighted by Gasteiger charge is 2.27. The summed E-state index contributed by atoms with van der Waals surface area (Å²) in [6, 6.07) is 37.4. The number of nitrogens with zero attached hydrogens (tertiary/aromatic N) is 1. The number of halogens is 1. The average Bonchev–Trinajstić information content (AvgIpc) is 1.33. The smallest absolute Gasteiger partial charge is 0.238 e. The van der Waals surface area contributed by atoms with Gasteiger partial charge in [0.15, 0.2) is 23.1 Å². The molecule has 0 saturated carbocycles. The van der Waals surface area contributed by atoms with Crippen molar-refractivity contribution in [3.8, 4) is 40.2 Å². The van der Waals surface area contributed by atoms with E-state index in [9.17, 15) is 9.59 Å². The number of hydrogen-bond acceptors (Lipinski definition) is 10. The largest absolute Gasteiger partial charge is 0.493 e. The maximum Gasteiger partial charge on any atom is 0.238 e. The second-order valence-electron chi connectivity index (χ2n) is 28.5. The lowest BCUT2D eigenvalue weighted by Crippen LogP contribution is -2.18. The number of aryl methyl sites for hydroxylation is 3. The maximum absolute atomic E-state index is 12.0. The van der Waals surface area contributed by atoms with Crippen LogP contribution in [0.25, 0.3) is 10.9 Å². The summed E-state index contributed by atoms with van der Waals surface area (Å²) in [7, 11) is 0. The first-order valence-electron chi connectivity index (χ1n) is 35.6. The van der Waals surface area contributed by atoms with E-state index in [1.54, 1.807) is 0 Å². The Kier molecular flexibility index (Phi) is 26.7. The van der Waals surface area contributed by atoms with Gasteiger partial charge in [-0.1, -0.05) is 163 Å². The van der Waals surface area contributed by atoms with Crippen molar-refractivity contribution in [3.63, 3.8) is 0 Å². The van der Waals surface area contributed by atoms with E-state index in [1.807, 2.05) is 63.4 Å². The van der Waals surface area contributed by atoms with Gasteiger partial charge in [0.2, 0.25) is 6.29 Å². The molecular formula is C86H108ClNO9. The molecule has 0 N–H and O–H groups in total. The van der Waals surface area contributed by atoms with Gasteiger partial charge in [-0.2, -0.15) is 0 Å². The zero-order chi connectivity index (χ0) is 70.4. The van der Waals surface area contributed by atoms with Gasteiger partial charge in [-0.05, 0) is 227 Å². The Hall–Kier alpha value is -7.82. The molecule has 0 saturated heterocycles. The Bertz CT molecular complexity index is 3980. The monoisotopic (exact) mass is 1330 g/mol. The van der Waals surface area contributed by atoms with E-state index in [-0.39, 0.29) is 17.9 Å². The molecule has 1 atom stereocenters. The number of carbonyl (C=O) groups excluding carboxylic acids is 2. The maximum atomic E-state index is 12.0. The van der Waals surface area contributed by atoms with E-state index in [2.05, 4.69) is 189 Å². The molecule has 1 unspecified atom stereocenters. The Morgan fingerprint density at radius 3 is 1.56 bits per heavy atom. The van der Waals surface area contributed by atoms with E-state index in [0.717, 1.165) is 112 Å². The first-order valence-corrected chi connectivity index (χ1v) is 36.0. The summed E-state index contributed by atoms with van der Waals surface area (Å²) in [4.78, 5) is 28.1. The van der Waals surface area contributed by atoms with Gasteiger partial charge in [0, 0.05) is 42.8 Å². The van der Waals surface area contributed by atoms with E-state index in [1.165, 1.54) is 85.0 Å². The van der Waals surface area contributed by atoms with Crippen LogP contribution in [0.4, 0.5) is 0 Å². The normalized spacial score (nSPS) is 15.1. The van der Waals surface area contributed by atoms with Gasteiger partial charge < -0.3 is 33.2 Å². The molecule has 7 heterocycles. The molecule has 14 rings (SSSR count). The van der Waals surface area contributed by atoms with Crippen LogP contribution in [0.15, 0.2) is 115 Å². The minimum atomic E-state index is -0.141. The molecule has 0 fully saturated rings. The second kappa shape index (κ2) is 34.6. The van der Waals surface area contributed by atoms with Crippen molar-refractivity contribution in [2.45, 2.75) is 224 Å². The molecule has 6 aliphatic heterocycles. The summed E-state index contributed by atoms with van der Waals surface area (Å²) < 4.78 is 38.9. The quantitative estimate of drug-likeness (QED) is 0.153. The minimum absolute atomic E-state index is 0.141. The van der Waals surface area contributed by atoms with Gasteiger partial charge in [-0.15, -0.1) is 0 Å². The summed E-state index contributed by atoms with van der Waals surface area (Å²) in [6.07, 6.45) is 8.47. The van der Waals surface area contributed by atoms with Crippen LogP contribution in [0.3, 0.4) is 0 Å². The Labute approximate surface area is 585 Å². The van der Waals surface area contributed by atoms with E-state index in [4.69, 9.17) is 44.8 Å². The molecule has 1 aromatic heterocycles. The van der Waals surface area contributed by atoms with Crippen LogP contribution in [0.2, 0.25) is 5.02 Å². The minimum Gasteiger partial charge on any atom is -0.493 e. The Morgan fingerprint density at radius 2 is 0.907 bits per heavy atom. The van der Waals surface area contributed by atoms with Crippen LogP contribution in [-0.2, 0) is 19.3 Å². The fraction of sp³-hybridized carbons (Fsp3) is 0.453. The van der Waals surface area contributed by atoms with Gasteiger partial charge in [-0.25, -0.2) is 0 Å². The van der Waals surface area contributed by atoms with Crippen LogP contribution in [-0.4, -0.2) is 55.9 Å². The molecule has 7 aromatic carbocycles. The molecular weight excluding hydrogens is 1230 g/mol. The SMILES string of the molecule is CC(C)c1ccc(Cl)cc1.CC(C)c1ccc2c(c1)C(=O)CCO2.CC(C)c1ccc2c(c1)CCCO2.CC(C)c1ccc2c3c(ccnc13)CCO2.CC1Oc2ccc(C(C)C)cc2O1.Cc1cc(C(C)C)c(C)c2c1OCCC2.Cc1cc(C(C)C)c(C)c2c1OCCC2=O. The van der Waals surface area contributed by atoms with E-state index >= 15 is 0 Å². The second-order valence-corrected chi connectivity index (χ2v) is 28.9. The number of carbonyl (C=O) groups is 2. The van der Waals surface area contributed by atoms with Gasteiger partial charge in [0.1, 0.15) is 28.7 Å². The average molecular weight is 1340 g/mol. The summed E-state index contributed by atoms with van der Waals surface area (Å²) >= 11 is 5.72. The number of fused-ring (bicyclic) bond motifs is 5. The number of ether oxygens (including phenoxy) is 7. The third-order valence-electron chi connectivity index (χ3n) is 18.7. The Morgan fingerprint density at radius 1 is 0.412 bits per heavy atom. The molecule has 11 heteroatoms. The highest BCUT2D eigenvalue weighted by atomic mass is 35.5. The van der Waals surface area contributed by atoms with Crippen molar-refractivity contribution >= 4 is 34.1 Å². The number of benzene rings is 7. The zero-order valence-electron chi connectivity index (χ0n) is 61.6. The predicted octanol–water partition coefficient (Wildman–Crippen LogP) is 22.7. The first kappa shape index (κ1) is 75.0. The van der Waals surface area contributed by atoms with Crippen molar-refractivity contribution in [3.05, 3.63) is 209 Å². The topological polar surface area (TPSA) is 112 Å². The lowest BCUT2D eigenvalue weighted by atomic mass is 9.88. The summed E-state index contributed by atoms with van der Waals surface area (Å²) in [5, 5.41) is 2.03. The van der Waals surface area contributed by atoms with Crippen molar-refractivity contribution in [1.29, 1.82) is 0 Å². The van der Waals surface area contributed by atoms with Crippen molar-refractivity contribution in [2.75, 3.05) is 33.0 Å². The highest BCUT2D eigenvalue weighted by molar-refractivity contribution is 6.30. The van der Waals surface area contributed by atoms with Crippen LogP contribution >= 0.6 is 11.6 Å². The van der Waals surface area contributed by atoms with Gasteiger partial charge in [0.05, 0.1) is 49.7 Å². The van der Waals surface area contributed by atoms with E-state index in [0.29, 0.717) is 67.5 Å². The van der Waals surface area contributed by atoms with E-state index < -0.39 is 0 Å². The third-order valence-corrected chi connectivity index (χ3v) is 19.0. The lowest BCUT2D eigenvalue weighted by molar-refractivity contribution is 0.0678. The fourth-order valence-electron chi connectivity index (χ4n) is 13.0. The molecule has 0 radical (unpaired) electrons. The molecule has 10 nitrogen and oxygen atoms in total. The summed E-state index contributed by atoms with van der Waals surface area (Å²) in [5.74, 6) is 10.7. The third kappa shape index (κ3) is 19.3. The molecule has 518 valence electrons. The van der Waals surface area contributed by atoms with Gasteiger partial charge in [-0.3, -0.25) is 14.6 Å². The zero-order valence-corrected chi connectivity index (χ0v) is 62.3. The number of hydrogen-bond donors (Lipinski definition) is 0. The van der Waals surface area contributed by atoms with Crippen molar-refractivity contribution in [1.82, 2.24) is 4.98 Å². The lowest BCUT2D eigenvalue weighted by Gasteiger charge is -2.24. The van der Waals surface area contributed by atoms with Crippen LogP contribution < -0.4 is 33.2 Å². The fourth-order valence-corrected chi connectivity index (χ4v) is 13.1. The van der Waals surface area contributed by atoms with Gasteiger partial charge in [0.25, 0.3) is 0 Å². The number of pyridine rings is 1. The van der Waals surface area contributed by atoms with Crippen LogP contribution in [0.5, 0.6) is 40.2 Å². The number of ketones is 2. The predicted molar refractivity (Wildman–Crippen MR) is 399 cm³/mol. The molecule has 97 heavy (non-hydrogen) atoms. The molecule has 8 aromatic rings. The number of Topliss-reactive ketones (excluding diaryl/α,β-unsaturated/α-hetero) is 2. The standard InChI is InChI=1S/C14H15NO.C14H18O2.C14H20O.C12H14O2.C12H16O.C11H14O2.C9H11Cl/c1-9(2)11-3-4-12-13-10(6-8-16-12)5-7-15-14(11)13;1-8(2)11-7-9(3)14-13(10(11)4)12(15)5-6-16-14;1-9(2)13-8-10(3)14-12(11(13)4)6-5-7-15-14;1-8(2)9-3-4-12-10(7-9)11(13)5-6-14-12;1-9(2)10-5-6-12-11(8-10)4-3-7-13-12;1-7(2)9-4-5-10-11(6-9)13-8(3)12-10;1-7(2)8-3-5-9(10)6-4-8/h3-5,7,9H,6,8H2,1-2H3;7-8H,5-6H2,1-4H3;8-9H,5-7H2,1-4H3;3-4,7-8H,5-6H2,1-2H3;5-6,8-9H,3-4,7H2,1-2H3;4-8H,1-3H3;3-7H,1-2H3. The number of aromatic nitrogens is 1. The molecule has 0 bridgehead atoms. The molecule has 0 amide bonds. The van der Waals surface area contributed by atoms with Crippen molar-refractivity contribution < 1.29 is 42.7 Å². The van der Waals surface area contributed by atoms with Crippen molar-refractivity contribution in [2.24, 2.45) is 0 Å². The molecule has 0 aliphatic carbocycles.